The zero-order chi connectivity index (χ0) is 12.7. The molecule has 0 bridgehead atoms. The van der Waals surface area contributed by atoms with Crippen LogP contribution in [0.4, 0.5) is 22.0 Å². The van der Waals surface area contributed by atoms with Gasteiger partial charge in [-0.25, -0.2) is 0 Å². The Morgan fingerprint density at radius 3 is 2.12 bits per heavy atom. The summed E-state index contributed by atoms with van der Waals surface area (Å²) < 4.78 is 63.8. The fraction of sp³-hybridized carbons (Fsp3) is 0.857. The van der Waals surface area contributed by atoms with Crippen LogP contribution >= 0.6 is 22.9 Å². The maximum Gasteiger partial charge on any atom is 0.457 e. The smallest absolute Gasteiger partial charge is 0.274 e. The van der Waals surface area contributed by atoms with Crippen LogP contribution in [0.25, 0.3) is 0 Å². The number of halogens is 6. The summed E-state index contributed by atoms with van der Waals surface area (Å²) in [6.07, 6.45) is -6.78. The van der Waals surface area contributed by atoms with Crippen molar-refractivity contribution >= 4 is 29.2 Å². The molecule has 0 aromatic carbocycles. The minimum Gasteiger partial charge on any atom is -0.274 e. The quantitative estimate of drug-likeness (QED) is 0.430. The molecule has 9 heteroatoms. The summed E-state index contributed by atoms with van der Waals surface area (Å²) in [4.78, 5) is 0. The van der Waals surface area contributed by atoms with E-state index >= 15 is 0 Å². The molecule has 0 aromatic rings. The Morgan fingerprint density at radius 2 is 1.75 bits per heavy atom. The third-order valence-corrected chi connectivity index (χ3v) is 2.79. The lowest BCUT2D eigenvalue weighted by molar-refractivity contribution is -0.310. The second-order valence-corrected chi connectivity index (χ2v) is 4.66. The molecule has 0 N–H and O–H groups in total. The first-order valence-electron chi connectivity index (χ1n) is 4.30. The fourth-order valence-electron chi connectivity index (χ4n) is 1.23. The molecular formula is C7H9F5IN3. The van der Waals surface area contributed by atoms with Gasteiger partial charge in [0.15, 0.2) is 0 Å². The van der Waals surface area contributed by atoms with E-state index in [1.54, 1.807) is 0 Å². The predicted octanol–water partition coefficient (Wildman–Crippen LogP) is 2.83. The summed E-state index contributed by atoms with van der Waals surface area (Å²) in [5, 5.41) is 4.26. The molecule has 0 saturated carbocycles. The largest absolute Gasteiger partial charge is 0.457 e. The van der Waals surface area contributed by atoms with Gasteiger partial charge in [0.1, 0.15) is 6.34 Å². The summed E-state index contributed by atoms with van der Waals surface area (Å²) in [7, 11) is 0. The lowest BCUT2D eigenvalue weighted by atomic mass is 10.2. The standard InChI is InChI=1S/C7H9F5IN3/c1-4(2)16-5(15(13)3-14-16)6(8,9)7(10,11)12/h3-5H,1-2H3. The van der Waals surface area contributed by atoms with Gasteiger partial charge in [-0.2, -0.15) is 27.1 Å². The van der Waals surface area contributed by atoms with Crippen LogP contribution in [0.1, 0.15) is 13.8 Å². The number of hydrazone groups is 1. The second-order valence-electron chi connectivity index (χ2n) is 3.54. The van der Waals surface area contributed by atoms with Crippen LogP contribution in [0, 0.1) is 0 Å². The Hall–Kier alpha value is -0.350. The van der Waals surface area contributed by atoms with E-state index in [-0.39, 0.29) is 0 Å². The van der Waals surface area contributed by atoms with E-state index in [2.05, 4.69) is 5.10 Å². The zero-order valence-corrected chi connectivity index (χ0v) is 10.5. The van der Waals surface area contributed by atoms with Crippen LogP contribution in [0.2, 0.25) is 0 Å². The van der Waals surface area contributed by atoms with Crippen LogP contribution in [-0.4, -0.2) is 38.8 Å². The predicted molar refractivity (Wildman–Crippen MR) is 56.1 cm³/mol. The van der Waals surface area contributed by atoms with Crippen LogP contribution in [0.5, 0.6) is 0 Å². The van der Waals surface area contributed by atoms with Crippen molar-refractivity contribution < 1.29 is 22.0 Å². The molecule has 0 amide bonds. The van der Waals surface area contributed by atoms with Gasteiger partial charge in [-0.3, -0.25) is 8.12 Å². The highest BCUT2D eigenvalue weighted by molar-refractivity contribution is 14.1. The van der Waals surface area contributed by atoms with Crippen molar-refractivity contribution in [3.05, 3.63) is 0 Å². The van der Waals surface area contributed by atoms with Crippen molar-refractivity contribution in [3.8, 4) is 0 Å². The molecule has 0 fully saturated rings. The van der Waals surface area contributed by atoms with Gasteiger partial charge >= 0.3 is 12.1 Å². The Balaban J connectivity index is 3.02. The van der Waals surface area contributed by atoms with E-state index in [4.69, 9.17) is 0 Å². The van der Waals surface area contributed by atoms with E-state index in [9.17, 15) is 22.0 Å². The molecule has 0 aliphatic carbocycles. The number of hydrogen-bond acceptors (Lipinski definition) is 3. The number of alkyl halides is 5. The molecule has 1 unspecified atom stereocenters. The summed E-state index contributed by atoms with van der Waals surface area (Å²) in [6.45, 7) is 2.99. The molecule has 3 nitrogen and oxygen atoms in total. The SMILES string of the molecule is CC(C)N1N=CN(I)C1C(F)(F)C(F)(F)F. The van der Waals surface area contributed by atoms with Crippen LogP contribution in [-0.2, 0) is 0 Å². The molecule has 1 aliphatic rings. The maximum absolute atomic E-state index is 13.2. The van der Waals surface area contributed by atoms with Gasteiger partial charge in [0.2, 0.25) is 6.17 Å². The molecule has 0 spiro atoms. The molecule has 0 aromatic heterocycles. The van der Waals surface area contributed by atoms with Crippen molar-refractivity contribution in [3.63, 3.8) is 0 Å². The highest BCUT2D eigenvalue weighted by Crippen LogP contribution is 2.43. The molecule has 94 valence electrons. The van der Waals surface area contributed by atoms with Gasteiger partial charge < -0.3 is 0 Å². The van der Waals surface area contributed by atoms with Crippen molar-refractivity contribution in [2.45, 2.75) is 38.2 Å². The highest BCUT2D eigenvalue weighted by Gasteiger charge is 2.67. The molecule has 1 atom stereocenters. The topological polar surface area (TPSA) is 18.8 Å². The average molecular weight is 357 g/mol. The first-order valence-corrected chi connectivity index (χ1v) is 5.26. The first-order chi connectivity index (χ1) is 7.09. The fourth-order valence-corrected chi connectivity index (χ4v) is 1.95. The monoisotopic (exact) mass is 357 g/mol. The summed E-state index contributed by atoms with van der Waals surface area (Å²) in [6, 6.07) is -0.547. The highest BCUT2D eigenvalue weighted by atomic mass is 127. The van der Waals surface area contributed by atoms with E-state index in [1.807, 2.05) is 0 Å². The van der Waals surface area contributed by atoms with Gasteiger partial charge in [-0.05, 0) is 13.8 Å². The van der Waals surface area contributed by atoms with Crippen LogP contribution in [0.3, 0.4) is 0 Å². The molecule has 1 heterocycles. The summed E-state index contributed by atoms with van der Waals surface area (Å²) in [5.41, 5.74) is 0. The van der Waals surface area contributed by atoms with Crippen molar-refractivity contribution in [1.82, 2.24) is 8.12 Å². The summed E-state index contributed by atoms with van der Waals surface area (Å²) in [5.74, 6) is -4.84. The molecular weight excluding hydrogens is 348 g/mol. The Kier molecular flexibility index (Phi) is 3.56. The number of rotatable bonds is 2. The Morgan fingerprint density at radius 1 is 1.25 bits per heavy atom. The van der Waals surface area contributed by atoms with Crippen LogP contribution < -0.4 is 0 Å². The third kappa shape index (κ3) is 2.18. The van der Waals surface area contributed by atoms with E-state index in [0.29, 0.717) is 0 Å². The first kappa shape index (κ1) is 13.7. The molecule has 1 rings (SSSR count). The summed E-state index contributed by atoms with van der Waals surface area (Å²) >= 11 is 1.37. The minimum atomic E-state index is -5.60. The van der Waals surface area contributed by atoms with Gasteiger partial charge in [-0.1, -0.05) is 0 Å². The number of hydrogen-bond donors (Lipinski definition) is 0. The van der Waals surface area contributed by atoms with E-state index in [0.717, 1.165) is 14.5 Å². The van der Waals surface area contributed by atoms with Gasteiger partial charge in [0.05, 0.1) is 22.9 Å². The zero-order valence-electron chi connectivity index (χ0n) is 8.34. The molecule has 1 aliphatic heterocycles. The lowest BCUT2D eigenvalue weighted by Gasteiger charge is -2.35. The number of nitrogens with zero attached hydrogens (tertiary/aromatic N) is 3. The van der Waals surface area contributed by atoms with Crippen molar-refractivity contribution in [2.75, 3.05) is 0 Å². The molecule has 0 saturated heterocycles. The van der Waals surface area contributed by atoms with Crippen molar-refractivity contribution in [2.24, 2.45) is 5.10 Å². The van der Waals surface area contributed by atoms with Gasteiger partial charge in [0, 0.05) is 6.04 Å². The average Bonchev–Trinajstić information content (AvgIpc) is 2.45. The Bertz CT molecular complexity index is 290. The normalized spacial score (nSPS) is 22.4. The van der Waals surface area contributed by atoms with E-state index in [1.165, 1.54) is 36.7 Å². The second kappa shape index (κ2) is 4.15. The van der Waals surface area contributed by atoms with Crippen LogP contribution in [0.15, 0.2) is 5.10 Å². The van der Waals surface area contributed by atoms with Gasteiger partial charge in [0.25, 0.3) is 0 Å². The maximum atomic E-state index is 13.2. The Labute approximate surface area is 103 Å². The lowest BCUT2D eigenvalue weighted by Crippen LogP contribution is -2.58. The minimum absolute atomic E-state index is 0.547. The molecule has 16 heavy (non-hydrogen) atoms. The molecule has 0 radical (unpaired) electrons. The third-order valence-electron chi connectivity index (χ3n) is 2.01. The van der Waals surface area contributed by atoms with E-state index < -0.39 is 24.3 Å². The van der Waals surface area contributed by atoms with Gasteiger partial charge in [-0.15, -0.1) is 0 Å². The van der Waals surface area contributed by atoms with Crippen molar-refractivity contribution in [1.29, 1.82) is 0 Å².